The average Bonchev–Trinajstić information content (AvgIpc) is 2.62. The first-order valence-corrected chi connectivity index (χ1v) is 7.35. The Labute approximate surface area is 140 Å². The van der Waals surface area contributed by atoms with Crippen molar-refractivity contribution in [2.75, 3.05) is 44.6 Å². The van der Waals surface area contributed by atoms with E-state index in [2.05, 4.69) is 20.8 Å². The Morgan fingerprint density at radius 2 is 1.75 bits per heavy atom. The Hall–Kier alpha value is -2.87. The van der Waals surface area contributed by atoms with Gasteiger partial charge in [0.1, 0.15) is 5.82 Å². The van der Waals surface area contributed by atoms with E-state index in [9.17, 15) is 4.79 Å². The summed E-state index contributed by atoms with van der Waals surface area (Å²) in [7, 11) is 3.17. The second-order valence-corrected chi connectivity index (χ2v) is 4.71. The van der Waals surface area contributed by atoms with Gasteiger partial charge in [0, 0.05) is 13.7 Å². The number of para-hydroxylation sites is 2. The Morgan fingerprint density at radius 3 is 2.42 bits per heavy atom. The minimum Gasteiger partial charge on any atom is -0.493 e. The molecule has 0 aliphatic rings. The van der Waals surface area contributed by atoms with Crippen molar-refractivity contribution in [2.45, 2.75) is 0 Å². The second kappa shape index (κ2) is 9.31. The number of benzene rings is 1. The van der Waals surface area contributed by atoms with Crippen LogP contribution in [0.2, 0.25) is 0 Å². The number of aromatic nitrogens is 2. The van der Waals surface area contributed by atoms with Gasteiger partial charge in [-0.2, -0.15) is 0 Å². The predicted octanol–water partition coefficient (Wildman–Crippen LogP) is 1.56. The van der Waals surface area contributed by atoms with Crippen molar-refractivity contribution in [1.29, 1.82) is 0 Å². The van der Waals surface area contributed by atoms with Crippen LogP contribution in [0.15, 0.2) is 36.4 Å². The lowest BCUT2D eigenvalue weighted by Crippen LogP contribution is -2.21. The topological polar surface area (TPSA) is 94.6 Å². The standard InChI is InChI=1S/C16H20N4O4/c1-22-10-9-17-14-7-8-15(20-19-14)18-16(21)11-24-13-6-4-3-5-12(13)23-2/h3-8H,9-11H2,1-2H3,(H,17,19)(H,18,20,21). The van der Waals surface area contributed by atoms with Crippen LogP contribution >= 0.6 is 0 Å². The van der Waals surface area contributed by atoms with Crippen molar-refractivity contribution in [3.05, 3.63) is 36.4 Å². The largest absolute Gasteiger partial charge is 0.493 e. The molecule has 8 nitrogen and oxygen atoms in total. The van der Waals surface area contributed by atoms with Gasteiger partial charge in [-0.25, -0.2) is 0 Å². The summed E-state index contributed by atoms with van der Waals surface area (Å²) in [5.74, 6) is 1.68. The lowest BCUT2D eigenvalue weighted by atomic mass is 10.3. The quantitative estimate of drug-likeness (QED) is 0.673. The molecule has 1 heterocycles. The molecular weight excluding hydrogens is 312 g/mol. The van der Waals surface area contributed by atoms with Crippen LogP contribution in [0.5, 0.6) is 11.5 Å². The van der Waals surface area contributed by atoms with Crippen LogP contribution in [0.1, 0.15) is 0 Å². The third kappa shape index (κ3) is 5.40. The number of carbonyl (C=O) groups is 1. The average molecular weight is 332 g/mol. The molecule has 0 fully saturated rings. The molecule has 2 N–H and O–H groups in total. The molecule has 8 heteroatoms. The maximum Gasteiger partial charge on any atom is 0.263 e. The van der Waals surface area contributed by atoms with E-state index in [1.165, 1.54) is 0 Å². The van der Waals surface area contributed by atoms with Gasteiger partial charge >= 0.3 is 0 Å². The number of nitrogens with zero attached hydrogens (tertiary/aromatic N) is 2. The lowest BCUT2D eigenvalue weighted by molar-refractivity contribution is -0.118. The number of nitrogens with one attached hydrogen (secondary N) is 2. The summed E-state index contributed by atoms with van der Waals surface area (Å²) in [4.78, 5) is 11.9. The van der Waals surface area contributed by atoms with Gasteiger partial charge in [0.15, 0.2) is 23.9 Å². The molecular formula is C16H20N4O4. The molecule has 128 valence electrons. The number of amides is 1. The Bertz CT molecular complexity index is 649. The third-order valence-electron chi connectivity index (χ3n) is 2.97. The van der Waals surface area contributed by atoms with Gasteiger partial charge in [0.05, 0.1) is 13.7 Å². The zero-order valence-electron chi connectivity index (χ0n) is 13.6. The van der Waals surface area contributed by atoms with Crippen molar-refractivity contribution in [1.82, 2.24) is 10.2 Å². The summed E-state index contributed by atoms with van der Waals surface area (Å²) >= 11 is 0. The number of hydrogen-bond acceptors (Lipinski definition) is 7. The van der Waals surface area contributed by atoms with E-state index in [0.29, 0.717) is 36.3 Å². The number of carbonyl (C=O) groups excluding carboxylic acids is 1. The number of rotatable bonds is 9. The molecule has 2 aromatic rings. The van der Waals surface area contributed by atoms with Crippen molar-refractivity contribution in [3.63, 3.8) is 0 Å². The molecule has 2 rings (SSSR count). The van der Waals surface area contributed by atoms with E-state index in [-0.39, 0.29) is 12.5 Å². The van der Waals surface area contributed by atoms with Crippen LogP contribution in [0, 0.1) is 0 Å². The summed E-state index contributed by atoms with van der Waals surface area (Å²) in [6.07, 6.45) is 0. The van der Waals surface area contributed by atoms with E-state index in [1.54, 1.807) is 44.6 Å². The zero-order valence-corrected chi connectivity index (χ0v) is 13.6. The highest BCUT2D eigenvalue weighted by Gasteiger charge is 2.08. The highest BCUT2D eigenvalue weighted by atomic mass is 16.5. The molecule has 0 saturated heterocycles. The van der Waals surface area contributed by atoms with Gasteiger partial charge in [-0.1, -0.05) is 12.1 Å². The molecule has 0 spiro atoms. The minimum absolute atomic E-state index is 0.157. The van der Waals surface area contributed by atoms with E-state index in [4.69, 9.17) is 14.2 Å². The van der Waals surface area contributed by atoms with Crippen LogP contribution in [0.4, 0.5) is 11.6 Å². The van der Waals surface area contributed by atoms with Crippen LogP contribution in [0.3, 0.4) is 0 Å². The first-order chi connectivity index (χ1) is 11.7. The highest BCUT2D eigenvalue weighted by molar-refractivity contribution is 5.90. The van der Waals surface area contributed by atoms with Crippen molar-refractivity contribution in [3.8, 4) is 11.5 Å². The predicted molar refractivity (Wildman–Crippen MR) is 89.5 cm³/mol. The molecule has 1 aromatic heterocycles. The molecule has 0 unspecified atom stereocenters. The maximum absolute atomic E-state index is 11.9. The number of methoxy groups -OCH3 is 2. The van der Waals surface area contributed by atoms with Gasteiger partial charge in [0.25, 0.3) is 5.91 Å². The lowest BCUT2D eigenvalue weighted by Gasteiger charge is -2.10. The van der Waals surface area contributed by atoms with Crippen LogP contribution in [0.25, 0.3) is 0 Å². The van der Waals surface area contributed by atoms with E-state index >= 15 is 0 Å². The van der Waals surface area contributed by atoms with Crippen LogP contribution in [-0.4, -0.2) is 50.1 Å². The summed E-state index contributed by atoms with van der Waals surface area (Å²) in [6, 6.07) is 10.5. The normalized spacial score (nSPS) is 10.1. The molecule has 0 saturated carbocycles. The van der Waals surface area contributed by atoms with E-state index in [1.807, 2.05) is 6.07 Å². The monoisotopic (exact) mass is 332 g/mol. The maximum atomic E-state index is 11.9. The van der Waals surface area contributed by atoms with Gasteiger partial charge in [-0.3, -0.25) is 4.79 Å². The van der Waals surface area contributed by atoms with Crippen LogP contribution < -0.4 is 20.1 Å². The molecule has 0 bridgehead atoms. The molecule has 0 aliphatic heterocycles. The molecule has 0 aliphatic carbocycles. The zero-order chi connectivity index (χ0) is 17.2. The van der Waals surface area contributed by atoms with Gasteiger partial charge < -0.3 is 24.8 Å². The van der Waals surface area contributed by atoms with Crippen LogP contribution in [-0.2, 0) is 9.53 Å². The number of hydrogen-bond donors (Lipinski definition) is 2. The highest BCUT2D eigenvalue weighted by Crippen LogP contribution is 2.25. The van der Waals surface area contributed by atoms with Gasteiger partial charge in [-0.05, 0) is 24.3 Å². The Morgan fingerprint density at radius 1 is 1.04 bits per heavy atom. The minimum atomic E-state index is -0.338. The first kappa shape index (κ1) is 17.5. The van der Waals surface area contributed by atoms with Gasteiger partial charge in [-0.15, -0.1) is 10.2 Å². The third-order valence-corrected chi connectivity index (χ3v) is 2.97. The molecule has 1 amide bonds. The molecule has 24 heavy (non-hydrogen) atoms. The first-order valence-electron chi connectivity index (χ1n) is 7.35. The van der Waals surface area contributed by atoms with Crippen molar-refractivity contribution in [2.24, 2.45) is 0 Å². The Balaban J connectivity index is 1.81. The molecule has 1 aromatic carbocycles. The number of ether oxygens (including phenoxy) is 3. The summed E-state index contributed by atoms with van der Waals surface area (Å²) in [6.45, 7) is 1.04. The molecule has 0 radical (unpaired) electrons. The van der Waals surface area contributed by atoms with Crippen molar-refractivity contribution >= 4 is 17.5 Å². The molecule has 0 atom stereocenters. The Kier molecular flexibility index (Phi) is 6.78. The van der Waals surface area contributed by atoms with Gasteiger partial charge in [0.2, 0.25) is 0 Å². The fourth-order valence-corrected chi connectivity index (χ4v) is 1.83. The summed E-state index contributed by atoms with van der Waals surface area (Å²) in [5.41, 5.74) is 0. The fourth-order valence-electron chi connectivity index (χ4n) is 1.83. The van der Waals surface area contributed by atoms with E-state index in [0.717, 1.165) is 0 Å². The summed E-state index contributed by atoms with van der Waals surface area (Å²) < 4.78 is 15.5. The SMILES string of the molecule is COCCNc1ccc(NC(=O)COc2ccccc2OC)nn1. The van der Waals surface area contributed by atoms with E-state index < -0.39 is 0 Å². The smallest absolute Gasteiger partial charge is 0.263 e. The number of anilines is 2. The van der Waals surface area contributed by atoms with Crippen molar-refractivity contribution < 1.29 is 19.0 Å². The summed E-state index contributed by atoms with van der Waals surface area (Å²) in [5, 5.41) is 13.5. The fraction of sp³-hybridized carbons (Fsp3) is 0.312. The second-order valence-electron chi connectivity index (χ2n) is 4.71.